The number of halogens is 1. The van der Waals surface area contributed by atoms with E-state index in [1.54, 1.807) is 19.9 Å². The van der Waals surface area contributed by atoms with Gasteiger partial charge in [0, 0.05) is 27.7 Å². The first-order valence-electron chi connectivity index (χ1n) is 11.2. The number of allylic oxidation sites excluding steroid dienone is 3. The highest BCUT2D eigenvalue weighted by Crippen LogP contribution is 2.27. The number of aromatic nitrogens is 2. The predicted octanol–water partition coefficient (Wildman–Crippen LogP) is 0.677. The van der Waals surface area contributed by atoms with E-state index in [0.29, 0.717) is 12.0 Å². The minimum absolute atomic E-state index is 0.0174. The number of amides is 3. The molecule has 3 amide bonds. The summed E-state index contributed by atoms with van der Waals surface area (Å²) in [5.74, 6) is -3.71. The third-order valence-corrected chi connectivity index (χ3v) is 6.07. The second-order valence-corrected chi connectivity index (χ2v) is 8.97. The minimum atomic E-state index is -0.965. The molecule has 2 N–H and O–H groups in total. The number of fused-ring (bicyclic) bond motifs is 1. The standard InChI is InChI=1S/C23H30FN5O6/c1-12-8-14(6-7-15(12)24)9-25-20(31)17-18(30)21(32)29-13(2)10-35-11-16(19(29)26-17)28(5)23(34)22(33)27(3)4/h7-8,13-14,16,30H,6,9-11H2,1-5H3,(H,25,31). The van der Waals surface area contributed by atoms with Crippen LogP contribution in [-0.2, 0) is 14.3 Å². The average molecular weight is 492 g/mol. The lowest BCUT2D eigenvalue weighted by Crippen LogP contribution is -2.45. The van der Waals surface area contributed by atoms with Gasteiger partial charge in [-0.1, -0.05) is 6.08 Å². The van der Waals surface area contributed by atoms with Crippen LogP contribution in [0.5, 0.6) is 5.75 Å². The number of likely N-dealkylation sites (N-methyl/N-ethyl adjacent to an activating group) is 2. The molecular weight excluding hydrogens is 461 g/mol. The number of hydrogen-bond acceptors (Lipinski definition) is 7. The molecule has 3 atom stereocenters. The van der Waals surface area contributed by atoms with Crippen molar-refractivity contribution in [1.82, 2.24) is 24.7 Å². The van der Waals surface area contributed by atoms with E-state index < -0.39 is 46.8 Å². The largest absolute Gasteiger partial charge is 0.501 e. The molecule has 2 aliphatic rings. The van der Waals surface area contributed by atoms with E-state index >= 15 is 0 Å². The summed E-state index contributed by atoms with van der Waals surface area (Å²) >= 11 is 0. The first kappa shape index (κ1) is 26.1. The second kappa shape index (κ2) is 10.4. The molecule has 0 saturated heterocycles. The Morgan fingerprint density at radius 1 is 1.26 bits per heavy atom. The molecule has 0 bridgehead atoms. The Labute approximate surface area is 201 Å². The fourth-order valence-electron chi connectivity index (χ4n) is 3.99. The van der Waals surface area contributed by atoms with Gasteiger partial charge < -0.3 is 25.0 Å². The number of carbonyl (C=O) groups is 3. The van der Waals surface area contributed by atoms with Gasteiger partial charge in [0.25, 0.3) is 11.5 Å². The summed E-state index contributed by atoms with van der Waals surface area (Å²) in [6, 6.07) is -1.52. The SMILES string of the molecule is CC1=CC(CNC(=O)c2nc3n(c(=O)c2O)C(C)COCC3N(C)C(=O)C(=O)N(C)C)CC=C1F. The Hall–Kier alpha value is -3.54. The fourth-order valence-corrected chi connectivity index (χ4v) is 3.99. The predicted molar refractivity (Wildman–Crippen MR) is 123 cm³/mol. The summed E-state index contributed by atoms with van der Waals surface area (Å²) in [4.78, 5) is 57.4. The van der Waals surface area contributed by atoms with Gasteiger partial charge in [0.15, 0.2) is 5.69 Å². The van der Waals surface area contributed by atoms with E-state index in [-0.39, 0.29) is 37.3 Å². The number of carbonyl (C=O) groups excluding carboxylic acids is 3. The van der Waals surface area contributed by atoms with Crippen LogP contribution in [0.2, 0.25) is 0 Å². The summed E-state index contributed by atoms with van der Waals surface area (Å²) in [5.41, 5.74) is -0.892. The first-order chi connectivity index (χ1) is 16.4. The van der Waals surface area contributed by atoms with E-state index in [9.17, 15) is 28.7 Å². The molecule has 1 aromatic heterocycles. The molecule has 190 valence electrons. The minimum Gasteiger partial charge on any atom is -0.501 e. The molecule has 2 heterocycles. The number of ether oxygens (including phenoxy) is 1. The molecular formula is C23H30FN5O6. The average Bonchev–Trinajstić information content (AvgIpc) is 2.98. The van der Waals surface area contributed by atoms with Crippen molar-refractivity contribution in [2.45, 2.75) is 32.4 Å². The number of aromatic hydroxyl groups is 1. The van der Waals surface area contributed by atoms with Crippen molar-refractivity contribution < 1.29 is 28.6 Å². The van der Waals surface area contributed by atoms with Crippen molar-refractivity contribution in [3.05, 3.63) is 45.4 Å². The molecule has 0 saturated carbocycles. The summed E-state index contributed by atoms with van der Waals surface area (Å²) in [7, 11) is 4.25. The van der Waals surface area contributed by atoms with Gasteiger partial charge in [0.05, 0.1) is 19.3 Å². The molecule has 0 fully saturated rings. The molecule has 0 spiro atoms. The maximum Gasteiger partial charge on any atom is 0.312 e. The highest BCUT2D eigenvalue weighted by Gasteiger charge is 2.36. The number of hydrogen-bond donors (Lipinski definition) is 2. The van der Waals surface area contributed by atoms with Crippen LogP contribution in [0.15, 0.2) is 28.3 Å². The molecule has 3 unspecified atom stereocenters. The number of nitrogens with one attached hydrogen (secondary N) is 1. The monoisotopic (exact) mass is 491 g/mol. The van der Waals surface area contributed by atoms with Gasteiger partial charge in [0.2, 0.25) is 5.75 Å². The highest BCUT2D eigenvalue weighted by molar-refractivity contribution is 6.34. The number of nitrogens with zero attached hydrogens (tertiary/aromatic N) is 4. The van der Waals surface area contributed by atoms with E-state index in [2.05, 4.69) is 10.3 Å². The second-order valence-electron chi connectivity index (χ2n) is 8.97. The third-order valence-electron chi connectivity index (χ3n) is 6.07. The number of rotatable bonds is 4. The van der Waals surface area contributed by atoms with E-state index in [1.165, 1.54) is 31.8 Å². The molecule has 0 aromatic carbocycles. The Kier molecular flexibility index (Phi) is 7.73. The summed E-state index contributed by atoms with van der Waals surface area (Å²) < 4.78 is 20.3. The van der Waals surface area contributed by atoms with Crippen LogP contribution in [0, 0.1) is 5.92 Å². The molecule has 11 nitrogen and oxygen atoms in total. The lowest BCUT2D eigenvalue weighted by molar-refractivity contribution is -0.151. The zero-order valence-corrected chi connectivity index (χ0v) is 20.4. The summed E-state index contributed by atoms with van der Waals surface area (Å²) in [5, 5.41) is 13.2. The quantitative estimate of drug-likeness (QED) is 0.592. The van der Waals surface area contributed by atoms with Gasteiger partial charge in [-0.2, -0.15) is 0 Å². The zero-order chi connectivity index (χ0) is 26.0. The van der Waals surface area contributed by atoms with Crippen LogP contribution in [0.3, 0.4) is 0 Å². The van der Waals surface area contributed by atoms with Gasteiger partial charge >= 0.3 is 11.8 Å². The van der Waals surface area contributed by atoms with E-state index in [4.69, 9.17) is 4.74 Å². The van der Waals surface area contributed by atoms with Crippen molar-refractivity contribution >= 4 is 17.7 Å². The Bertz CT molecular complexity index is 1160. The van der Waals surface area contributed by atoms with Gasteiger partial charge in [-0.25, -0.2) is 9.37 Å². The normalized spacial score (nSPS) is 21.7. The van der Waals surface area contributed by atoms with Crippen molar-refractivity contribution in [3.63, 3.8) is 0 Å². The van der Waals surface area contributed by atoms with Crippen molar-refractivity contribution in [3.8, 4) is 5.75 Å². The first-order valence-corrected chi connectivity index (χ1v) is 11.2. The lowest BCUT2D eigenvalue weighted by atomic mass is 9.96. The highest BCUT2D eigenvalue weighted by atomic mass is 19.1. The molecule has 1 aromatic rings. The summed E-state index contributed by atoms with van der Waals surface area (Å²) in [6.07, 6.45) is 3.52. The fraction of sp³-hybridized carbons (Fsp3) is 0.522. The van der Waals surface area contributed by atoms with Gasteiger partial charge in [-0.3, -0.25) is 23.7 Å². The zero-order valence-electron chi connectivity index (χ0n) is 20.4. The van der Waals surface area contributed by atoms with Gasteiger partial charge in [-0.15, -0.1) is 0 Å². The Balaban J connectivity index is 1.95. The molecule has 35 heavy (non-hydrogen) atoms. The van der Waals surface area contributed by atoms with Crippen LogP contribution >= 0.6 is 0 Å². The topological polar surface area (TPSA) is 134 Å². The van der Waals surface area contributed by atoms with Crippen LogP contribution in [0.25, 0.3) is 0 Å². The van der Waals surface area contributed by atoms with E-state index in [0.717, 1.165) is 9.80 Å². The van der Waals surface area contributed by atoms with Gasteiger partial charge in [-0.05, 0) is 37.8 Å². The maximum atomic E-state index is 13.6. The van der Waals surface area contributed by atoms with Crippen LogP contribution in [0.1, 0.15) is 48.7 Å². The smallest absolute Gasteiger partial charge is 0.312 e. The summed E-state index contributed by atoms with van der Waals surface area (Å²) in [6.45, 7) is 3.46. The van der Waals surface area contributed by atoms with Crippen molar-refractivity contribution in [2.75, 3.05) is 40.9 Å². The molecule has 1 aliphatic heterocycles. The molecule has 0 radical (unpaired) electrons. The van der Waals surface area contributed by atoms with Crippen LogP contribution in [0.4, 0.5) is 4.39 Å². The van der Waals surface area contributed by atoms with E-state index in [1.807, 2.05) is 0 Å². The molecule has 12 heteroatoms. The van der Waals surface area contributed by atoms with Crippen molar-refractivity contribution in [2.24, 2.45) is 5.92 Å². The Morgan fingerprint density at radius 3 is 2.57 bits per heavy atom. The van der Waals surface area contributed by atoms with Crippen molar-refractivity contribution in [1.29, 1.82) is 0 Å². The molecule has 3 rings (SSSR count). The van der Waals surface area contributed by atoms with Gasteiger partial charge in [0.1, 0.15) is 17.7 Å². The maximum absolute atomic E-state index is 13.6. The van der Waals surface area contributed by atoms with Crippen LogP contribution in [-0.4, -0.2) is 83.1 Å². The van der Waals surface area contributed by atoms with Crippen LogP contribution < -0.4 is 10.9 Å². The molecule has 1 aliphatic carbocycles. The lowest BCUT2D eigenvalue weighted by Gasteiger charge is -2.28. The Morgan fingerprint density at radius 2 is 1.94 bits per heavy atom. The third kappa shape index (κ3) is 5.26.